The van der Waals surface area contributed by atoms with Crippen molar-refractivity contribution < 1.29 is 27.6 Å². The summed E-state index contributed by atoms with van der Waals surface area (Å²) < 4.78 is 35.6. The van der Waals surface area contributed by atoms with Crippen molar-refractivity contribution >= 4 is 35.5 Å². The van der Waals surface area contributed by atoms with Crippen molar-refractivity contribution in [1.82, 2.24) is 5.32 Å². The van der Waals surface area contributed by atoms with Gasteiger partial charge >= 0.3 is 13.6 Å². The van der Waals surface area contributed by atoms with Crippen molar-refractivity contribution in [2.75, 3.05) is 20.8 Å². The van der Waals surface area contributed by atoms with Gasteiger partial charge in [0.15, 0.2) is 6.61 Å². The Balaban J connectivity index is 2.05. The van der Waals surface area contributed by atoms with Crippen molar-refractivity contribution in [3.05, 3.63) is 81.0 Å². The normalized spacial score (nSPS) is 16.2. The minimum absolute atomic E-state index is 0.105. The average Bonchev–Trinajstić information content (AvgIpc) is 2.86. The molecule has 9 heteroatoms. The topological polar surface area (TPSA) is 104 Å². The summed E-state index contributed by atoms with van der Waals surface area (Å²) in [7, 11) is -1.35. The van der Waals surface area contributed by atoms with E-state index < -0.39 is 19.5 Å². The quantitative estimate of drug-likeness (QED) is 0.240. The maximum Gasteiger partial charge on any atom is 0.359 e. The molecule has 0 bridgehead atoms. The molecule has 0 radical (unpaired) electrons. The molecule has 1 aliphatic rings. The van der Waals surface area contributed by atoms with Crippen LogP contribution in [0.1, 0.15) is 18.4 Å². The third kappa shape index (κ3) is 3.84. The molecule has 1 unspecified atom stereocenters. The number of hydrogen-bond acceptors (Lipinski definition) is 8. The SMILES string of the molecule is C#CCOC(=O)C1=CNC(C)=C(P(=O)(OC)OC)C1c1cccc2c(=O)c3ccccc3oc12. The number of para-hydroxylation sites is 2. The zero-order valence-electron chi connectivity index (χ0n) is 18.8. The van der Waals surface area contributed by atoms with Crippen LogP contribution in [0.15, 0.2) is 74.5 Å². The summed E-state index contributed by atoms with van der Waals surface area (Å²) in [6.07, 6.45) is 6.71. The summed E-state index contributed by atoms with van der Waals surface area (Å²) in [4.78, 5) is 26.2. The van der Waals surface area contributed by atoms with Gasteiger partial charge in [-0.25, -0.2) is 4.79 Å². The van der Waals surface area contributed by atoms with Gasteiger partial charge in [0.2, 0.25) is 5.43 Å². The third-order valence-electron chi connectivity index (χ3n) is 5.66. The number of allylic oxidation sites excluding steroid dienone is 2. The van der Waals surface area contributed by atoms with E-state index in [0.717, 1.165) is 0 Å². The zero-order chi connectivity index (χ0) is 24.5. The van der Waals surface area contributed by atoms with E-state index in [1.165, 1.54) is 20.4 Å². The lowest BCUT2D eigenvalue weighted by molar-refractivity contribution is -0.137. The van der Waals surface area contributed by atoms with Gasteiger partial charge in [0.25, 0.3) is 0 Å². The summed E-state index contributed by atoms with van der Waals surface area (Å²) >= 11 is 0. The van der Waals surface area contributed by atoms with Gasteiger partial charge in [0.05, 0.1) is 27.6 Å². The minimum atomic E-state index is -3.87. The fraction of sp³-hybridized carbons (Fsp3) is 0.200. The molecule has 4 rings (SSSR count). The molecule has 1 atom stereocenters. The van der Waals surface area contributed by atoms with Gasteiger partial charge in [0, 0.05) is 31.7 Å². The van der Waals surface area contributed by atoms with Crippen molar-refractivity contribution in [3.8, 4) is 12.3 Å². The second kappa shape index (κ2) is 9.32. The first kappa shape index (κ1) is 23.5. The Morgan fingerprint density at radius 3 is 2.56 bits per heavy atom. The molecule has 2 heterocycles. The molecule has 174 valence electrons. The minimum Gasteiger partial charge on any atom is -0.455 e. The van der Waals surface area contributed by atoms with Crippen molar-refractivity contribution in [2.24, 2.45) is 0 Å². The molecule has 0 amide bonds. The van der Waals surface area contributed by atoms with E-state index in [9.17, 15) is 14.2 Å². The largest absolute Gasteiger partial charge is 0.455 e. The second-order valence-electron chi connectivity index (χ2n) is 7.48. The van der Waals surface area contributed by atoms with E-state index in [-0.39, 0.29) is 28.5 Å². The number of benzene rings is 2. The van der Waals surface area contributed by atoms with Gasteiger partial charge in [-0.1, -0.05) is 30.2 Å². The first-order chi connectivity index (χ1) is 16.4. The summed E-state index contributed by atoms with van der Waals surface area (Å²) in [5.74, 6) is 0.565. The molecule has 0 spiro atoms. The van der Waals surface area contributed by atoms with Gasteiger partial charge < -0.3 is 23.5 Å². The average molecular weight is 479 g/mol. The number of carbonyl (C=O) groups excluding carboxylic acids is 1. The standard InChI is InChI=1S/C25H22NO7P/c1-5-13-32-25(28)19-14-26-15(2)24(34(29,30-3)31-4)21(19)17-10-8-11-18-22(27)16-9-6-7-12-20(16)33-23(17)18/h1,6-12,14,21,26H,13H2,2-4H3. The van der Waals surface area contributed by atoms with Gasteiger partial charge in [-0.05, 0) is 25.1 Å². The van der Waals surface area contributed by atoms with Crippen molar-refractivity contribution in [2.45, 2.75) is 12.8 Å². The molecule has 1 N–H and O–H groups in total. The number of nitrogens with one attached hydrogen (secondary N) is 1. The predicted octanol–water partition coefficient (Wildman–Crippen LogP) is 4.41. The van der Waals surface area contributed by atoms with Crippen LogP contribution in [0.25, 0.3) is 21.9 Å². The lowest BCUT2D eigenvalue weighted by Gasteiger charge is -2.31. The fourth-order valence-corrected chi connectivity index (χ4v) is 5.71. The van der Waals surface area contributed by atoms with Crippen LogP contribution in [0.2, 0.25) is 0 Å². The van der Waals surface area contributed by atoms with Crippen LogP contribution in [0.5, 0.6) is 0 Å². The summed E-state index contributed by atoms with van der Waals surface area (Å²) in [5.41, 5.74) is 1.40. The molecular weight excluding hydrogens is 457 g/mol. The molecule has 8 nitrogen and oxygen atoms in total. The van der Waals surface area contributed by atoms with Crippen LogP contribution in [0.3, 0.4) is 0 Å². The monoisotopic (exact) mass is 479 g/mol. The number of rotatable bonds is 6. The highest BCUT2D eigenvalue weighted by molar-refractivity contribution is 7.58. The maximum absolute atomic E-state index is 13.7. The van der Waals surface area contributed by atoms with E-state index in [4.69, 9.17) is 24.6 Å². The Morgan fingerprint density at radius 2 is 1.85 bits per heavy atom. The zero-order valence-corrected chi connectivity index (χ0v) is 19.7. The molecule has 1 aliphatic heterocycles. The second-order valence-corrected chi connectivity index (χ2v) is 9.69. The number of carbonyl (C=O) groups is 1. The molecule has 0 saturated heterocycles. The van der Waals surface area contributed by atoms with Gasteiger partial charge in [0.1, 0.15) is 11.2 Å². The summed E-state index contributed by atoms with van der Waals surface area (Å²) in [5, 5.41) is 3.87. The third-order valence-corrected chi connectivity index (χ3v) is 7.80. The van der Waals surface area contributed by atoms with E-state index in [2.05, 4.69) is 11.2 Å². The highest BCUT2D eigenvalue weighted by Crippen LogP contribution is 2.63. The van der Waals surface area contributed by atoms with Crippen LogP contribution >= 0.6 is 7.60 Å². The van der Waals surface area contributed by atoms with Gasteiger partial charge in [-0.3, -0.25) is 9.36 Å². The van der Waals surface area contributed by atoms with Crippen LogP contribution in [-0.4, -0.2) is 26.8 Å². The Hall–Kier alpha value is -3.63. The number of hydrogen-bond donors (Lipinski definition) is 1. The van der Waals surface area contributed by atoms with Crippen molar-refractivity contribution in [1.29, 1.82) is 0 Å². The highest BCUT2D eigenvalue weighted by atomic mass is 31.2. The number of fused-ring (bicyclic) bond motifs is 2. The first-order valence-electron chi connectivity index (χ1n) is 10.3. The lowest BCUT2D eigenvalue weighted by Crippen LogP contribution is -2.26. The molecule has 1 aromatic heterocycles. The first-order valence-corrected chi connectivity index (χ1v) is 11.8. The summed E-state index contributed by atoms with van der Waals surface area (Å²) in [6, 6.07) is 11.9. The Bertz CT molecular complexity index is 1500. The molecular formula is C25H22NO7P. The summed E-state index contributed by atoms with van der Waals surface area (Å²) in [6.45, 7) is 1.44. The van der Waals surface area contributed by atoms with Crippen LogP contribution in [0, 0.1) is 12.3 Å². The van der Waals surface area contributed by atoms with E-state index in [1.807, 2.05) is 0 Å². The number of esters is 1. The lowest BCUT2D eigenvalue weighted by atomic mass is 9.87. The van der Waals surface area contributed by atoms with E-state index in [0.29, 0.717) is 27.6 Å². The number of dihydropyridines is 1. The Morgan fingerprint density at radius 1 is 1.15 bits per heavy atom. The van der Waals surface area contributed by atoms with E-state index >= 15 is 0 Å². The van der Waals surface area contributed by atoms with Crippen LogP contribution in [-0.2, 0) is 23.1 Å². The molecule has 0 saturated carbocycles. The Kier molecular flexibility index (Phi) is 6.45. The maximum atomic E-state index is 13.7. The predicted molar refractivity (Wildman–Crippen MR) is 128 cm³/mol. The van der Waals surface area contributed by atoms with Crippen LogP contribution in [0.4, 0.5) is 0 Å². The molecule has 3 aromatic rings. The fourth-order valence-electron chi connectivity index (χ4n) is 4.10. The van der Waals surface area contributed by atoms with Gasteiger partial charge in [-0.15, -0.1) is 6.42 Å². The highest BCUT2D eigenvalue weighted by Gasteiger charge is 2.43. The number of terminal acetylenes is 1. The molecule has 0 aliphatic carbocycles. The van der Waals surface area contributed by atoms with Crippen LogP contribution < -0.4 is 10.7 Å². The Labute approximate surface area is 195 Å². The molecule has 34 heavy (non-hydrogen) atoms. The van der Waals surface area contributed by atoms with E-state index in [1.54, 1.807) is 49.4 Å². The van der Waals surface area contributed by atoms with Gasteiger partial charge in [-0.2, -0.15) is 0 Å². The number of ether oxygens (including phenoxy) is 1. The smallest absolute Gasteiger partial charge is 0.359 e. The molecule has 2 aromatic carbocycles. The van der Waals surface area contributed by atoms with Crippen molar-refractivity contribution in [3.63, 3.8) is 0 Å². The molecule has 0 fully saturated rings.